The number of hydrogen-bond acceptors (Lipinski definition) is 6. The van der Waals surface area contributed by atoms with Crippen LogP contribution < -0.4 is 10.6 Å². The van der Waals surface area contributed by atoms with E-state index in [9.17, 15) is 35.9 Å². The number of nitrogens with one attached hydrogen (secondary N) is 2. The number of hydrogen-bond donors (Lipinski definition) is 2. The van der Waals surface area contributed by atoms with Crippen LogP contribution in [0.5, 0.6) is 0 Å². The number of rotatable bonds is 6. The quantitative estimate of drug-likeness (QED) is 0.285. The van der Waals surface area contributed by atoms with E-state index in [-0.39, 0.29) is 36.0 Å². The Kier molecular flexibility index (Phi) is 14.9. The van der Waals surface area contributed by atoms with Crippen LogP contribution in [0.15, 0.2) is 48.5 Å². The fourth-order valence-corrected chi connectivity index (χ4v) is 7.23. The maximum Gasteiger partial charge on any atom is 0.416 e. The Morgan fingerprint density at radius 1 is 0.593 bits per heavy atom. The van der Waals surface area contributed by atoms with Gasteiger partial charge in [0.25, 0.3) is 0 Å². The predicted octanol–water partition coefficient (Wildman–Crippen LogP) is 9.59. The van der Waals surface area contributed by atoms with Crippen molar-refractivity contribution in [1.29, 1.82) is 0 Å². The molecule has 0 radical (unpaired) electrons. The first-order valence-corrected chi connectivity index (χ1v) is 18.4. The number of amides is 2. The van der Waals surface area contributed by atoms with Crippen LogP contribution in [0.1, 0.15) is 114 Å². The molecule has 2 unspecified atom stereocenters. The van der Waals surface area contributed by atoms with Crippen molar-refractivity contribution in [2.75, 3.05) is 28.2 Å². The van der Waals surface area contributed by atoms with Crippen LogP contribution in [0.2, 0.25) is 0 Å². The minimum atomic E-state index is -4.34. The molecule has 304 valence electrons. The van der Waals surface area contributed by atoms with Gasteiger partial charge in [-0.15, -0.1) is 0 Å². The third-order valence-corrected chi connectivity index (χ3v) is 9.73. The van der Waals surface area contributed by atoms with Crippen LogP contribution >= 0.6 is 0 Å². The third-order valence-electron chi connectivity index (χ3n) is 9.73. The molecule has 0 heterocycles. The van der Waals surface area contributed by atoms with Crippen molar-refractivity contribution in [3.05, 3.63) is 70.8 Å². The van der Waals surface area contributed by atoms with Gasteiger partial charge in [-0.05, 0) is 143 Å². The maximum atomic E-state index is 13.0. The number of nitrogens with zero attached hydrogens (tertiary/aromatic N) is 2. The Bertz CT molecular complexity index is 1420. The molecule has 2 aliphatic rings. The average Bonchev–Trinajstić information content (AvgIpc) is 3.03. The molecule has 2 saturated carbocycles. The summed E-state index contributed by atoms with van der Waals surface area (Å²) >= 11 is 0. The lowest BCUT2D eigenvalue weighted by molar-refractivity contribution is -0.138. The van der Waals surface area contributed by atoms with E-state index in [2.05, 4.69) is 10.6 Å². The van der Waals surface area contributed by atoms with Gasteiger partial charge in [-0.3, -0.25) is 0 Å². The molecular formula is C40H58F6N4O4. The fourth-order valence-electron chi connectivity index (χ4n) is 7.23. The summed E-state index contributed by atoms with van der Waals surface area (Å²) in [6.45, 7) is 10.8. The summed E-state index contributed by atoms with van der Waals surface area (Å²) in [7, 11) is 7.68. The van der Waals surface area contributed by atoms with Crippen molar-refractivity contribution in [3.8, 4) is 0 Å². The number of benzene rings is 2. The molecule has 0 aliphatic heterocycles. The average molecular weight is 773 g/mol. The standard InChI is InChI=1S/2C20H29F3N2O2/c2*1-19(2,3)27-18(26)24-16-10-9-14(12-17(16)25(4)5)13-7-6-8-15(11-13)20(21,22)23/h2*6-8,11,14,16-17H,9-10,12H2,1-5H3,(H,24,26)/t14-,16?,17+;14-,16?,17-/m10/s1. The smallest absolute Gasteiger partial charge is 0.416 e. The minimum absolute atomic E-state index is 0.0193. The molecule has 2 amide bonds. The van der Waals surface area contributed by atoms with Crippen LogP contribution in [0.25, 0.3) is 0 Å². The summed E-state index contributed by atoms with van der Waals surface area (Å²) in [6, 6.07) is 11.0. The SMILES string of the molecule is CN(C)[C@H]1C[C@@H](c2cccc(C(F)(F)F)c2)CCC1NC(=O)OC(C)(C)C.CN(C)[C@H]1C[C@H](c2cccc(C(F)(F)F)c2)CCC1NC(=O)OC(C)(C)C. The van der Waals surface area contributed by atoms with Gasteiger partial charge in [0.15, 0.2) is 0 Å². The molecule has 0 spiro atoms. The van der Waals surface area contributed by atoms with E-state index in [1.54, 1.807) is 53.7 Å². The highest BCUT2D eigenvalue weighted by Crippen LogP contribution is 2.39. The number of carbonyl (C=O) groups excluding carboxylic acids is 2. The molecule has 6 atom stereocenters. The largest absolute Gasteiger partial charge is 0.444 e. The molecule has 2 aromatic carbocycles. The molecule has 2 N–H and O–H groups in total. The van der Waals surface area contributed by atoms with Crippen LogP contribution in [0.4, 0.5) is 35.9 Å². The zero-order chi connectivity index (χ0) is 40.8. The van der Waals surface area contributed by atoms with Gasteiger partial charge in [0, 0.05) is 24.2 Å². The number of alkyl carbamates (subject to hydrolysis) is 2. The monoisotopic (exact) mass is 772 g/mol. The molecule has 8 nitrogen and oxygen atoms in total. The number of carbonyl (C=O) groups is 2. The summed E-state index contributed by atoms with van der Waals surface area (Å²) in [6.07, 6.45) is -5.46. The van der Waals surface area contributed by atoms with Crippen molar-refractivity contribution in [2.45, 2.75) is 140 Å². The second kappa shape index (κ2) is 18.0. The highest BCUT2D eigenvalue weighted by molar-refractivity contribution is 5.68. The first-order chi connectivity index (χ1) is 24.7. The lowest BCUT2D eigenvalue weighted by Gasteiger charge is -2.40. The summed E-state index contributed by atoms with van der Waals surface area (Å²) < 4.78 is 88.7. The normalized spacial score (nSPS) is 24.0. The van der Waals surface area contributed by atoms with Crippen molar-refractivity contribution >= 4 is 12.2 Å². The van der Waals surface area contributed by atoms with E-state index in [1.807, 2.05) is 38.0 Å². The Labute approximate surface area is 316 Å². The van der Waals surface area contributed by atoms with Gasteiger partial charge >= 0.3 is 24.5 Å². The summed E-state index contributed by atoms with van der Waals surface area (Å²) in [5.41, 5.74) is -0.981. The van der Waals surface area contributed by atoms with Crippen molar-refractivity contribution in [2.24, 2.45) is 0 Å². The Morgan fingerprint density at radius 3 is 1.20 bits per heavy atom. The lowest BCUT2D eigenvalue weighted by atomic mass is 9.78. The van der Waals surface area contributed by atoms with Crippen molar-refractivity contribution in [1.82, 2.24) is 20.4 Å². The first kappa shape index (κ1) is 44.9. The van der Waals surface area contributed by atoms with Crippen LogP contribution in [-0.4, -0.2) is 85.5 Å². The van der Waals surface area contributed by atoms with Gasteiger partial charge in [0.05, 0.1) is 11.1 Å². The molecule has 0 bridgehead atoms. The molecule has 54 heavy (non-hydrogen) atoms. The second-order valence-corrected chi connectivity index (χ2v) is 16.8. The van der Waals surface area contributed by atoms with E-state index in [1.165, 1.54) is 24.3 Å². The number of halogens is 6. The molecule has 14 heteroatoms. The number of ether oxygens (including phenoxy) is 2. The Morgan fingerprint density at radius 2 is 0.926 bits per heavy atom. The number of likely N-dealkylation sites (N-methyl/N-ethyl adjacent to an activating group) is 2. The van der Waals surface area contributed by atoms with Crippen LogP contribution in [-0.2, 0) is 21.8 Å². The molecule has 0 saturated heterocycles. The highest BCUT2D eigenvalue weighted by atomic mass is 19.4. The summed E-state index contributed by atoms with van der Waals surface area (Å²) in [5.74, 6) is 0.0489. The zero-order valence-corrected chi connectivity index (χ0v) is 33.1. The topological polar surface area (TPSA) is 83.1 Å². The minimum Gasteiger partial charge on any atom is -0.444 e. The molecule has 0 aromatic heterocycles. The molecule has 2 fully saturated rings. The van der Waals surface area contributed by atoms with Crippen molar-refractivity contribution in [3.63, 3.8) is 0 Å². The lowest BCUT2D eigenvalue weighted by Crippen LogP contribution is -2.53. The molecule has 4 rings (SSSR count). The highest BCUT2D eigenvalue weighted by Gasteiger charge is 2.38. The van der Waals surface area contributed by atoms with E-state index >= 15 is 0 Å². The second-order valence-electron chi connectivity index (χ2n) is 16.8. The van der Waals surface area contributed by atoms with Gasteiger partial charge in [0.2, 0.25) is 0 Å². The number of alkyl halides is 6. The third kappa shape index (κ3) is 14.0. The van der Waals surface area contributed by atoms with Gasteiger partial charge < -0.3 is 29.9 Å². The Hall–Kier alpha value is -3.52. The molecule has 2 aromatic rings. The van der Waals surface area contributed by atoms with E-state index in [0.29, 0.717) is 49.7 Å². The predicted molar refractivity (Wildman–Crippen MR) is 197 cm³/mol. The fraction of sp³-hybridized carbons (Fsp3) is 0.650. The van der Waals surface area contributed by atoms with Crippen LogP contribution in [0, 0.1) is 0 Å². The van der Waals surface area contributed by atoms with E-state index in [0.717, 1.165) is 12.1 Å². The van der Waals surface area contributed by atoms with E-state index in [4.69, 9.17) is 9.47 Å². The van der Waals surface area contributed by atoms with Gasteiger partial charge in [0.1, 0.15) is 11.2 Å². The maximum absolute atomic E-state index is 13.0. The van der Waals surface area contributed by atoms with Crippen molar-refractivity contribution < 1.29 is 45.4 Å². The molecule has 2 aliphatic carbocycles. The summed E-state index contributed by atoms with van der Waals surface area (Å²) in [5, 5.41) is 5.86. The molecular weight excluding hydrogens is 714 g/mol. The van der Waals surface area contributed by atoms with Gasteiger partial charge in [-0.2, -0.15) is 26.3 Å². The summed E-state index contributed by atoms with van der Waals surface area (Å²) in [4.78, 5) is 28.3. The van der Waals surface area contributed by atoms with Gasteiger partial charge in [-0.1, -0.05) is 36.4 Å². The Balaban J connectivity index is 0.000000290. The van der Waals surface area contributed by atoms with E-state index < -0.39 is 46.9 Å². The van der Waals surface area contributed by atoms with Crippen LogP contribution in [0.3, 0.4) is 0 Å². The first-order valence-electron chi connectivity index (χ1n) is 18.4. The zero-order valence-electron chi connectivity index (χ0n) is 33.1. The van der Waals surface area contributed by atoms with Gasteiger partial charge in [-0.25, -0.2) is 9.59 Å².